The molecule has 1 atom stereocenters. The van der Waals surface area contributed by atoms with E-state index >= 15 is 0 Å². The Hall–Kier alpha value is -1.87. The van der Waals surface area contributed by atoms with Crippen molar-refractivity contribution < 1.29 is 5.11 Å². The zero-order valence-corrected chi connectivity index (χ0v) is 14.6. The zero-order chi connectivity index (χ0) is 17.1. The van der Waals surface area contributed by atoms with Crippen LogP contribution >= 0.6 is 0 Å². The molecule has 1 aromatic carbocycles. The van der Waals surface area contributed by atoms with E-state index in [0.29, 0.717) is 13.1 Å². The van der Waals surface area contributed by atoms with Gasteiger partial charge in [0.15, 0.2) is 0 Å². The number of piperazine rings is 1. The van der Waals surface area contributed by atoms with Crippen LogP contribution in [0.15, 0.2) is 18.5 Å². The lowest BCUT2D eigenvalue weighted by Crippen LogP contribution is -2.48. The van der Waals surface area contributed by atoms with Crippen molar-refractivity contribution >= 4 is 11.0 Å². The molecule has 1 aliphatic rings. The largest absolute Gasteiger partial charge is 0.390 e. The summed E-state index contributed by atoms with van der Waals surface area (Å²) in [5.41, 5.74) is 4.59. The maximum atomic E-state index is 10.5. The third kappa shape index (κ3) is 3.78. The number of terminal acetylenes is 1. The van der Waals surface area contributed by atoms with E-state index in [1.807, 2.05) is 6.33 Å². The van der Waals surface area contributed by atoms with Gasteiger partial charge in [-0.05, 0) is 37.1 Å². The molecule has 1 saturated heterocycles. The van der Waals surface area contributed by atoms with Gasteiger partial charge in [-0.2, -0.15) is 0 Å². The minimum absolute atomic E-state index is 0.400. The van der Waals surface area contributed by atoms with Crippen LogP contribution in [0.25, 0.3) is 11.0 Å². The van der Waals surface area contributed by atoms with Gasteiger partial charge in [0.2, 0.25) is 0 Å². The second kappa shape index (κ2) is 7.35. The number of rotatable bonds is 5. The maximum Gasteiger partial charge on any atom is 0.0959 e. The predicted octanol–water partition coefficient (Wildman–Crippen LogP) is 1.26. The fraction of sp³-hybridized carbons (Fsp3) is 0.526. The molecule has 1 unspecified atom stereocenters. The number of aryl methyl sites for hydroxylation is 2. The van der Waals surface area contributed by atoms with Crippen LogP contribution in [0.2, 0.25) is 0 Å². The van der Waals surface area contributed by atoms with Gasteiger partial charge < -0.3 is 9.67 Å². The Morgan fingerprint density at radius 3 is 2.50 bits per heavy atom. The van der Waals surface area contributed by atoms with Crippen LogP contribution in [-0.2, 0) is 6.54 Å². The number of benzene rings is 1. The summed E-state index contributed by atoms with van der Waals surface area (Å²) in [6.45, 7) is 10.1. The first kappa shape index (κ1) is 17.0. The van der Waals surface area contributed by atoms with E-state index in [9.17, 15) is 5.11 Å². The van der Waals surface area contributed by atoms with E-state index in [2.05, 4.69) is 51.3 Å². The second-order valence-corrected chi connectivity index (χ2v) is 6.76. The fourth-order valence-electron chi connectivity index (χ4n) is 3.30. The normalized spacial score (nSPS) is 17.9. The molecule has 3 rings (SSSR count). The second-order valence-electron chi connectivity index (χ2n) is 6.76. The Bertz CT molecular complexity index is 738. The van der Waals surface area contributed by atoms with E-state index in [1.165, 1.54) is 11.1 Å². The Balaban J connectivity index is 1.59. The van der Waals surface area contributed by atoms with Gasteiger partial charge in [-0.3, -0.25) is 9.80 Å². The summed E-state index contributed by atoms with van der Waals surface area (Å²) in [4.78, 5) is 9.05. The van der Waals surface area contributed by atoms with Crippen LogP contribution in [0.1, 0.15) is 11.1 Å². The smallest absolute Gasteiger partial charge is 0.0959 e. The molecular formula is C19H26N4O. The molecule has 1 N–H and O–H groups in total. The van der Waals surface area contributed by atoms with Crippen molar-refractivity contribution in [3.8, 4) is 12.3 Å². The molecule has 5 heteroatoms. The van der Waals surface area contributed by atoms with E-state index in [4.69, 9.17) is 6.42 Å². The van der Waals surface area contributed by atoms with Gasteiger partial charge in [-0.25, -0.2) is 4.98 Å². The van der Waals surface area contributed by atoms with Crippen molar-refractivity contribution in [3.05, 3.63) is 29.6 Å². The summed E-state index contributed by atoms with van der Waals surface area (Å²) in [6.07, 6.45) is 6.79. The van der Waals surface area contributed by atoms with Crippen molar-refractivity contribution in [2.75, 3.05) is 39.3 Å². The molecule has 2 heterocycles. The predicted molar refractivity (Wildman–Crippen MR) is 96.9 cm³/mol. The van der Waals surface area contributed by atoms with Gasteiger partial charge >= 0.3 is 0 Å². The quantitative estimate of drug-likeness (QED) is 0.841. The molecule has 0 radical (unpaired) electrons. The lowest BCUT2D eigenvalue weighted by Gasteiger charge is -2.34. The third-order valence-electron chi connectivity index (χ3n) is 4.89. The molecule has 0 amide bonds. The topological polar surface area (TPSA) is 44.5 Å². The number of hydrogen-bond acceptors (Lipinski definition) is 4. The number of imidazole rings is 1. The number of fused-ring (bicyclic) bond motifs is 1. The van der Waals surface area contributed by atoms with Gasteiger partial charge in [0.05, 0.1) is 36.6 Å². The number of aliphatic hydroxyl groups excluding tert-OH is 1. The highest BCUT2D eigenvalue weighted by atomic mass is 16.3. The highest BCUT2D eigenvalue weighted by molar-refractivity contribution is 5.77. The van der Waals surface area contributed by atoms with Gasteiger partial charge in [0, 0.05) is 32.7 Å². The molecule has 0 bridgehead atoms. The summed E-state index contributed by atoms with van der Waals surface area (Å²) < 4.78 is 2.06. The van der Waals surface area contributed by atoms with E-state index in [-0.39, 0.29) is 0 Å². The van der Waals surface area contributed by atoms with Crippen LogP contribution in [0.4, 0.5) is 0 Å². The Morgan fingerprint density at radius 1 is 1.12 bits per heavy atom. The molecule has 24 heavy (non-hydrogen) atoms. The lowest BCUT2D eigenvalue weighted by atomic mass is 10.1. The first-order chi connectivity index (χ1) is 11.6. The summed E-state index contributed by atoms with van der Waals surface area (Å²) in [7, 11) is 0. The average Bonchev–Trinajstić information content (AvgIpc) is 2.92. The van der Waals surface area contributed by atoms with E-state index < -0.39 is 6.10 Å². The van der Waals surface area contributed by atoms with E-state index in [0.717, 1.165) is 43.8 Å². The number of β-amino-alcohol motifs (C(OH)–C–C–N with tert-alkyl or cyclic N) is 1. The summed E-state index contributed by atoms with van der Waals surface area (Å²) in [5.74, 6) is 2.70. The molecule has 1 aromatic heterocycles. The SMILES string of the molecule is C#CCN1CCN(CC(O)Cn2cnc3cc(C)c(C)cc32)CC1. The van der Waals surface area contributed by atoms with Crippen LogP contribution in [0, 0.1) is 26.2 Å². The fourth-order valence-corrected chi connectivity index (χ4v) is 3.30. The lowest BCUT2D eigenvalue weighted by molar-refractivity contribution is 0.0686. The van der Waals surface area contributed by atoms with Crippen molar-refractivity contribution in [2.24, 2.45) is 0 Å². The van der Waals surface area contributed by atoms with Crippen LogP contribution in [0.3, 0.4) is 0 Å². The van der Waals surface area contributed by atoms with Crippen LogP contribution in [0.5, 0.6) is 0 Å². The van der Waals surface area contributed by atoms with Crippen molar-refractivity contribution in [1.29, 1.82) is 0 Å². The zero-order valence-electron chi connectivity index (χ0n) is 14.6. The first-order valence-corrected chi connectivity index (χ1v) is 8.55. The average molecular weight is 326 g/mol. The van der Waals surface area contributed by atoms with Crippen molar-refractivity contribution in [2.45, 2.75) is 26.5 Å². The molecule has 1 aliphatic heterocycles. The molecule has 0 aliphatic carbocycles. The molecule has 128 valence electrons. The molecule has 0 spiro atoms. The Morgan fingerprint density at radius 2 is 1.79 bits per heavy atom. The standard InChI is InChI=1S/C19H26N4O/c1-4-5-21-6-8-22(9-7-21)12-17(24)13-23-14-20-18-10-15(2)16(3)11-19(18)23/h1,10-11,14,17,24H,5-9,12-13H2,2-3H3. The summed E-state index contributed by atoms with van der Waals surface area (Å²) in [5, 5.41) is 10.5. The van der Waals surface area contributed by atoms with E-state index in [1.54, 1.807) is 0 Å². The Labute approximate surface area is 143 Å². The molecule has 0 saturated carbocycles. The highest BCUT2D eigenvalue weighted by Gasteiger charge is 2.19. The van der Waals surface area contributed by atoms with Crippen molar-refractivity contribution in [1.82, 2.24) is 19.4 Å². The molecule has 1 fully saturated rings. The maximum absolute atomic E-state index is 10.5. The van der Waals surface area contributed by atoms with Crippen LogP contribution < -0.4 is 0 Å². The van der Waals surface area contributed by atoms with Gasteiger partial charge in [-0.1, -0.05) is 5.92 Å². The monoisotopic (exact) mass is 326 g/mol. The number of nitrogens with zero attached hydrogens (tertiary/aromatic N) is 4. The summed E-state index contributed by atoms with van der Waals surface area (Å²) >= 11 is 0. The van der Waals surface area contributed by atoms with Crippen molar-refractivity contribution in [3.63, 3.8) is 0 Å². The number of aromatic nitrogens is 2. The Kier molecular flexibility index (Phi) is 5.20. The van der Waals surface area contributed by atoms with Gasteiger partial charge in [-0.15, -0.1) is 6.42 Å². The highest BCUT2D eigenvalue weighted by Crippen LogP contribution is 2.18. The first-order valence-electron chi connectivity index (χ1n) is 8.55. The van der Waals surface area contributed by atoms with Gasteiger partial charge in [0.25, 0.3) is 0 Å². The summed E-state index contributed by atoms with van der Waals surface area (Å²) in [6, 6.07) is 4.27. The minimum Gasteiger partial charge on any atom is -0.390 e. The van der Waals surface area contributed by atoms with Gasteiger partial charge in [0.1, 0.15) is 0 Å². The molecule has 5 nitrogen and oxygen atoms in total. The van der Waals surface area contributed by atoms with Crippen LogP contribution in [-0.4, -0.2) is 69.8 Å². The molecule has 2 aromatic rings. The minimum atomic E-state index is -0.400. The molecular weight excluding hydrogens is 300 g/mol. The number of hydrogen-bond donors (Lipinski definition) is 1. The number of aliphatic hydroxyl groups is 1. The third-order valence-corrected chi connectivity index (χ3v) is 4.89.